The van der Waals surface area contributed by atoms with Gasteiger partial charge in [-0.05, 0) is 66.7 Å². The smallest absolute Gasteiger partial charge is 0.349 e. The van der Waals surface area contributed by atoms with Gasteiger partial charge in [-0.25, -0.2) is 4.79 Å². The van der Waals surface area contributed by atoms with Gasteiger partial charge in [0.25, 0.3) is 0 Å². The highest BCUT2D eigenvalue weighted by atomic mass is 32.2. The van der Waals surface area contributed by atoms with E-state index in [0.717, 1.165) is 22.9 Å². The molecule has 0 aromatic rings. The number of rotatable bonds is 14. The third-order valence-electron chi connectivity index (χ3n) is 6.48. The van der Waals surface area contributed by atoms with E-state index >= 15 is 0 Å². The van der Waals surface area contributed by atoms with E-state index in [0.29, 0.717) is 29.9 Å². The van der Waals surface area contributed by atoms with Crippen molar-refractivity contribution in [3.63, 3.8) is 0 Å². The lowest BCUT2D eigenvalue weighted by atomic mass is 9.80. The number of esters is 1. The highest BCUT2D eigenvalue weighted by molar-refractivity contribution is 8.07. The molecular weight excluding hydrogens is 498 g/mol. The molecule has 1 aliphatic heterocycles. The summed E-state index contributed by atoms with van der Waals surface area (Å²) in [6.07, 6.45) is 12.2. The normalized spacial score (nSPS) is 19.7. The number of thioether (sulfide) groups is 1. The van der Waals surface area contributed by atoms with Crippen LogP contribution in [0, 0.1) is 11.3 Å². The van der Waals surface area contributed by atoms with Gasteiger partial charge >= 0.3 is 5.97 Å². The van der Waals surface area contributed by atoms with Crippen LogP contribution in [0.3, 0.4) is 0 Å². The van der Waals surface area contributed by atoms with Crippen molar-refractivity contribution >= 4 is 23.5 Å². The predicted molar refractivity (Wildman–Crippen MR) is 158 cm³/mol. The summed E-state index contributed by atoms with van der Waals surface area (Å²) >= 11 is 1.10. The maximum Gasteiger partial charge on any atom is 0.349 e. The summed E-state index contributed by atoms with van der Waals surface area (Å²) in [5, 5.41) is 11.1. The quantitative estimate of drug-likeness (QED) is 0.132. The molecule has 38 heavy (non-hydrogen) atoms. The van der Waals surface area contributed by atoms with Crippen LogP contribution in [0.2, 0.25) is 0 Å². The maximum atomic E-state index is 13.3. The van der Waals surface area contributed by atoms with Gasteiger partial charge < -0.3 is 20.3 Å². The Balaban J connectivity index is 3.25. The molecule has 0 bridgehead atoms. The average Bonchev–Trinajstić information content (AvgIpc) is 2.85. The molecule has 0 aromatic heterocycles. The number of Topliss-reactive ketones (excluding diaryl/α,β-unsaturated/α-hetero) is 1. The SMILES string of the molecule is C=C/C(=C\C=C\N)CCC1(C(C)C)CC(O)=C(SC(=C)/C(=C\C(=C\C)OCC(=O)CC)C(C)(C)C)C(=O)O1. The van der Waals surface area contributed by atoms with Gasteiger partial charge in [0.05, 0.1) is 0 Å². The number of hydrogen-bond acceptors (Lipinski definition) is 7. The van der Waals surface area contributed by atoms with Gasteiger partial charge in [0.1, 0.15) is 28.6 Å². The van der Waals surface area contributed by atoms with Crippen LogP contribution in [0.15, 0.2) is 82.2 Å². The summed E-state index contributed by atoms with van der Waals surface area (Å²) in [6.45, 7) is 21.7. The summed E-state index contributed by atoms with van der Waals surface area (Å²) in [5.41, 5.74) is 6.03. The van der Waals surface area contributed by atoms with Crippen LogP contribution in [0.25, 0.3) is 0 Å². The molecule has 0 spiro atoms. The van der Waals surface area contributed by atoms with E-state index < -0.39 is 11.6 Å². The Bertz CT molecular complexity index is 1050. The van der Waals surface area contributed by atoms with Crippen LogP contribution in [-0.4, -0.2) is 29.1 Å². The molecule has 0 aliphatic carbocycles. The van der Waals surface area contributed by atoms with Crippen molar-refractivity contribution in [2.24, 2.45) is 17.1 Å². The predicted octanol–water partition coefficient (Wildman–Crippen LogP) is 7.58. The van der Waals surface area contributed by atoms with Crippen molar-refractivity contribution in [1.82, 2.24) is 0 Å². The largest absolute Gasteiger partial charge is 0.511 e. The topological polar surface area (TPSA) is 98.9 Å². The molecule has 1 rings (SSSR count). The van der Waals surface area contributed by atoms with Gasteiger partial charge in [-0.3, -0.25) is 4.79 Å². The highest BCUT2D eigenvalue weighted by Crippen LogP contribution is 2.46. The van der Waals surface area contributed by atoms with E-state index in [-0.39, 0.29) is 40.8 Å². The van der Waals surface area contributed by atoms with E-state index in [9.17, 15) is 14.7 Å². The maximum absolute atomic E-state index is 13.3. The minimum Gasteiger partial charge on any atom is -0.511 e. The molecule has 0 amide bonds. The van der Waals surface area contributed by atoms with E-state index in [1.165, 1.54) is 6.20 Å². The number of aliphatic hydroxyl groups is 1. The Morgan fingerprint density at radius 3 is 2.47 bits per heavy atom. The van der Waals surface area contributed by atoms with E-state index in [1.807, 2.05) is 53.7 Å². The molecule has 0 radical (unpaired) electrons. The summed E-state index contributed by atoms with van der Waals surface area (Å²) < 4.78 is 11.7. The molecule has 0 aromatic carbocycles. The zero-order valence-corrected chi connectivity index (χ0v) is 24.9. The number of carbonyl (C=O) groups is 2. The molecule has 0 saturated carbocycles. The van der Waals surface area contributed by atoms with Gasteiger partial charge in [0, 0.05) is 17.7 Å². The van der Waals surface area contributed by atoms with Gasteiger partial charge in [-0.1, -0.05) is 78.6 Å². The zero-order chi connectivity index (χ0) is 29.1. The summed E-state index contributed by atoms with van der Waals surface area (Å²) in [4.78, 5) is 25.7. The van der Waals surface area contributed by atoms with E-state index in [4.69, 9.17) is 15.2 Å². The molecule has 7 heteroatoms. The van der Waals surface area contributed by atoms with Crippen molar-refractivity contribution in [2.45, 2.75) is 79.8 Å². The second-order valence-corrected chi connectivity index (χ2v) is 11.7. The summed E-state index contributed by atoms with van der Waals surface area (Å²) in [7, 11) is 0. The van der Waals surface area contributed by atoms with Crippen LogP contribution in [0.5, 0.6) is 0 Å². The molecule has 1 aliphatic rings. The van der Waals surface area contributed by atoms with Crippen LogP contribution < -0.4 is 5.73 Å². The molecule has 1 heterocycles. The Morgan fingerprint density at radius 1 is 1.34 bits per heavy atom. The number of allylic oxidation sites excluding steroid dienone is 7. The number of ketones is 1. The lowest BCUT2D eigenvalue weighted by Crippen LogP contribution is -2.44. The number of carbonyl (C=O) groups excluding carboxylic acids is 2. The monoisotopic (exact) mass is 543 g/mol. The number of cyclic esters (lactones) is 1. The lowest BCUT2D eigenvalue weighted by molar-refractivity contribution is -0.164. The minimum atomic E-state index is -0.846. The Morgan fingerprint density at radius 2 is 2.00 bits per heavy atom. The highest BCUT2D eigenvalue weighted by Gasteiger charge is 2.44. The first-order valence-electron chi connectivity index (χ1n) is 13.0. The first-order valence-corrected chi connectivity index (χ1v) is 13.8. The van der Waals surface area contributed by atoms with Gasteiger partial charge in [0.15, 0.2) is 5.78 Å². The Kier molecular flexibility index (Phi) is 12.9. The first-order chi connectivity index (χ1) is 17.7. The van der Waals surface area contributed by atoms with Crippen LogP contribution in [0.4, 0.5) is 0 Å². The van der Waals surface area contributed by atoms with E-state index in [2.05, 4.69) is 13.2 Å². The van der Waals surface area contributed by atoms with Crippen LogP contribution in [0.1, 0.15) is 74.1 Å². The molecule has 6 nitrogen and oxygen atoms in total. The van der Waals surface area contributed by atoms with Crippen molar-refractivity contribution in [2.75, 3.05) is 6.61 Å². The zero-order valence-electron chi connectivity index (χ0n) is 24.1. The standard InChI is InChI=1S/C31H45NO5S/c1-10-23(14-13-17-32)15-16-31(21(4)5)19-27(34)28(29(35)37-31)38-22(6)26(30(7,8)9)18-25(12-3)36-20-24(33)11-2/h10,12-14,17-18,21,34H,1,6,11,15-16,19-20,32H2,2-5,7-9H3/b17-13+,23-14+,25-12-,26-18+. The average molecular weight is 544 g/mol. The number of ether oxygens (including phenoxy) is 2. The Hall–Kier alpha value is -2.93. The third kappa shape index (κ3) is 9.43. The molecule has 210 valence electrons. The van der Waals surface area contributed by atoms with Crippen molar-refractivity contribution < 1.29 is 24.2 Å². The summed E-state index contributed by atoms with van der Waals surface area (Å²) in [6, 6.07) is 0. The fraction of sp³-hybridized carbons (Fsp3) is 0.484. The molecule has 1 atom stereocenters. The lowest BCUT2D eigenvalue weighted by Gasteiger charge is -2.40. The number of nitrogens with two attached hydrogens (primary N) is 1. The van der Waals surface area contributed by atoms with E-state index in [1.54, 1.807) is 25.2 Å². The summed E-state index contributed by atoms with van der Waals surface area (Å²) in [5.74, 6) is -0.0502. The van der Waals surface area contributed by atoms with Crippen molar-refractivity contribution in [3.05, 3.63) is 82.2 Å². The molecular formula is C31H45NO5S. The first kappa shape index (κ1) is 33.1. The van der Waals surface area contributed by atoms with Crippen molar-refractivity contribution in [1.29, 1.82) is 0 Å². The van der Waals surface area contributed by atoms with Gasteiger partial charge in [-0.2, -0.15) is 0 Å². The third-order valence-corrected chi connectivity index (χ3v) is 7.55. The molecule has 0 saturated heterocycles. The van der Waals surface area contributed by atoms with Crippen LogP contribution >= 0.6 is 11.8 Å². The fourth-order valence-corrected chi connectivity index (χ4v) is 4.93. The second-order valence-electron chi connectivity index (χ2n) is 10.6. The molecule has 0 fully saturated rings. The number of hydrogen-bond donors (Lipinski definition) is 2. The van der Waals surface area contributed by atoms with Crippen molar-refractivity contribution in [3.8, 4) is 0 Å². The van der Waals surface area contributed by atoms with Crippen LogP contribution in [-0.2, 0) is 19.1 Å². The second kappa shape index (κ2) is 14.9. The fourth-order valence-electron chi connectivity index (χ4n) is 3.90. The van der Waals surface area contributed by atoms with Gasteiger partial charge in [0.2, 0.25) is 0 Å². The number of aliphatic hydroxyl groups excluding tert-OH is 1. The minimum absolute atomic E-state index is 0.00321. The molecule has 1 unspecified atom stereocenters. The Labute approximate surface area is 233 Å². The van der Waals surface area contributed by atoms with Gasteiger partial charge in [-0.15, -0.1) is 0 Å². The molecule has 3 N–H and O–H groups in total.